The van der Waals surface area contributed by atoms with Crippen LogP contribution in [0.5, 0.6) is 0 Å². The summed E-state index contributed by atoms with van der Waals surface area (Å²) in [5, 5.41) is 11.1. The lowest BCUT2D eigenvalue weighted by Crippen LogP contribution is -2.62. The molecule has 10 atom stereocenters. The molecule has 0 radical (unpaired) electrons. The molecule has 190 valence electrons. The van der Waals surface area contributed by atoms with Crippen LogP contribution in [0.2, 0.25) is 0 Å². The maximum absolute atomic E-state index is 11.1. The van der Waals surface area contributed by atoms with Crippen LogP contribution in [-0.2, 0) is 44.5 Å². The first-order chi connectivity index (χ1) is 16.0. The molecule has 0 spiro atoms. The Bertz CT molecular complexity index is 846. The molecule has 9 nitrogen and oxygen atoms in total. The molecule has 1 aromatic carbocycles. The van der Waals surface area contributed by atoms with Gasteiger partial charge >= 0.3 is 0 Å². The van der Waals surface area contributed by atoms with Crippen LogP contribution in [0.1, 0.15) is 47.1 Å². The Hall–Kier alpha value is -1.14. The number of fused-ring (bicyclic) bond motifs is 2. The molecule has 34 heavy (non-hydrogen) atoms. The lowest BCUT2D eigenvalue weighted by atomic mass is 9.98. The van der Waals surface area contributed by atoms with E-state index >= 15 is 0 Å². The average Bonchev–Trinajstić information content (AvgIpc) is 3.29. The second kappa shape index (κ2) is 9.06. The molecular formula is C25H36O9. The van der Waals surface area contributed by atoms with Crippen molar-refractivity contribution in [2.75, 3.05) is 0 Å². The molecule has 9 heteroatoms. The van der Waals surface area contributed by atoms with Crippen LogP contribution in [0.25, 0.3) is 0 Å². The van der Waals surface area contributed by atoms with Crippen molar-refractivity contribution in [2.24, 2.45) is 0 Å². The van der Waals surface area contributed by atoms with Crippen molar-refractivity contribution in [2.45, 2.75) is 121 Å². The molecule has 4 aliphatic heterocycles. The molecule has 0 unspecified atom stereocenters. The minimum absolute atomic E-state index is 0.278. The van der Waals surface area contributed by atoms with Gasteiger partial charge in [0.25, 0.3) is 0 Å². The highest BCUT2D eigenvalue weighted by Crippen LogP contribution is 2.42. The number of benzene rings is 1. The zero-order chi connectivity index (χ0) is 24.3. The van der Waals surface area contributed by atoms with Crippen molar-refractivity contribution < 1.29 is 43.0 Å². The van der Waals surface area contributed by atoms with Gasteiger partial charge in [-0.05, 0) is 47.1 Å². The van der Waals surface area contributed by atoms with Gasteiger partial charge in [0.05, 0.1) is 18.8 Å². The number of aliphatic hydroxyl groups is 1. The molecule has 0 bridgehead atoms. The normalized spacial score (nSPS) is 45.0. The lowest BCUT2D eigenvalue weighted by molar-refractivity contribution is -0.348. The number of hydrogen-bond donors (Lipinski definition) is 1. The fraction of sp³-hybridized carbons (Fsp3) is 0.760. The average molecular weight is 481 g/mol. The summed E-state index contributed by atoms with van der Waals surface area (Å²) in [6.07, 6.45) is -5.93. The topological polar surface area (TPSA) is 94.1 Å². The van der Waals surface area contributed by atoms with E-state index in [1.54, 1.807) is 0 Å². The highest BCUT2D eigenvalue weighted by Gasteiger charge is 2.59. The molecule has 4 saturated heterocycles. The fourth-order valence-electron chi connectivity index (χ4n) is 5.22. The molecular weight excluding hydrogens is 444 g/mol. The monoisotopic (exact) mass is 480 g/mol. The number of ether oxygens (including phenoxy) is 8. The van der Waals surface area contributed by atoms with E-state index in [0.29, 0.717) is 6.61 Å². The Labute approximate surface area is 200 Å². The second-order valence-electron chi connectivity index (χ2n) is 10.4. The Morgan fingerprint density at radius 2 is 1.29 bits per heavy atom. The third-order valence-electron chi connectivity index (χ3n) is 6.71. The number of aliphatic hydroxyl groups excluding tert-OH is 1. The zero-order valence-electron chi connectivity index (χ0n) is 20.6. The maximum Gasteiger partial charge on any atom is 0.187 e. The highest BCUT2D eigenvalue weighted by atomic mass is 16.8. The van der Waals surface area contributed by atoms with Crippen molar-refractivity contribution >= 4 is 0 Å². The van der Waals surface area contributed by atoms with Crippen LogP contribution >= 0.6 is 0 Å². The summed E-state index contributed by atoms with van der Waals surface area (Å²) in [5.74, 6) is -1.62. The van der Waals surface area contributed by atoms with Gasteiger partial charge in [-0.25, -0.2) is 0 Å². The van der Waals surface area contributed by atoms with E-state index in [1.807, 2.05) is 71.9 Å². The van der Waals surface area contributed by atoms with Gasteiger partial charge in [-0.1, -0.05) is 30.3 Å². The van der Waals surface area contributed by atoms with Crippen molar-refractivity contribution in [3.8, 4) is 0 Å². The van der Waals surface area contributed by atoms with E-state index < -0.39 is 54.7 Å². The van der Waals surface area contributed by atoms with Crippen LogP contribution in [0.3, 0.4) is 0 Å². The standard InChI is InChI=1S/C25H36O9/c1-13-17-19(33-24(3,4)31-17)16(26)22(28-13)30-21-20-18(32-25(5,6)34-20)14(2)29-23(21)27-12-15-10-8-7-9-11-15/h7-11,13-14,16-23,26H,12H2,1-6H3/t13-,14-,16-,17+,18+,19-,20+,21-,22-,23+/m0/s1. The van der Waals surface area contributed by atoms with E-state index in [1.165, 1.54) is 0 Å². The second-order valence-corrected chi connectivity index (χ2v) is 10.4. The Morgan fingerprint density at radius 3 is 1.94 bits per heavy atom. The summed E-state index contributed by atoms with van der Waals surface area (Å²) in [7, 11) is 0. The lowest BCUT2D eigenvalue weighted by Gasteiger charge is -2.45. The van der Waals surface area contributed by atoms with E-state index in [9.17, 15) is 5.11 Å². The summed E-state index contributed by atoms with van der Waals surface area (Å²) in [5.41, 5.74) is 1.01. The van der Waals surface area contributed by atoms with Crippen LogP contribution in [0.15, 0.2) is 30.3 Å². The summed E-state index contributed by atoms with van der Waals surface area (Å²) in [6.45, 7) is 11.5. The van der Waals surface area contributed by atoms with Gasteiger partial charge in [0.2, 0.25) is 0 Å². The zero-order valence-corrected chi connectivity index (χ0v) is 20.6. The quantitative estimate of drug-likeness (QED) is 0.682. The SMILES string of the molecule is C[C@@H]1O[C@@H](OCc2ccccc2)[C@@H](O[C@@H]2O[C@@H](C)[C@H]3OC(C)(C)O[C@H]3[C@@H]2O)[C@@H]2OC(C)(C)O[C@@H]21. The summed E-state index contributed by atoms with van der Waals surface area (Å²) in [4.78, 5) is 0. The number of rotatable bonds is 5. The fourth-order valence-corrected chi connectivity index (χ4v) is 5.22. The Balaban J connectivity index is 1.36. The molecule has 0 aromatic heterocycles. The maximum atomic E-state index is 11.1. The van der Waals surface area contributed by atoms with Gasteiger partial charge in [0.15, 0.2) is 24.2 Å². The Kier molecular flexibility index (Phi) is 6.54. The number of hydrogen-bond acceptors (Lipinski definition) is 9. The summed E-state index contributed by atoms with van der Waals surface area (Å²) in [6, 6.07) is 9.84. The molecule has 1 N–H and O–H groups in total. The highest BCUT2D eigenvalue weighted by molar-refractivity contribution is 5.13. The molecule has 5 rings (SSSR count). The molecule has 4 heterocycles. The summed E-state index contributed by atoms with van der Waals surface area (Å²) < 4.78 is 49.1. The molecule has 0 amide bonds. The third kappa shape index (κ3) is 4.78. The van der Waals surface area contributed by atoms with Gasteiger partial charge in [0.1, 0.15) is 36.6 Å². The molecule has 4 aliphatic rings. The minimum atomic E-state index is -1.06. The molecule has 0 aliphatic carbocycles. The van der Waals surface area contributed by atoms with Crippen molar-refractivity contribution in [1.29, 1.82) is 0 Å². The smallest absolute Gasteiger partial charge is 0.187 e. The van der Waals surface area contributed by atoms with E-state index in [0.717, 1.165) is 5.56 Å². The van der Waals surface area contributed by atoms with Gasteiger partial charge in [-0.2, -0.15) is 0 Å². The first-order valence-electron chi connectivity index (χ1n) is 12.0. The Morgan fingerprint density at radius 1 is 0.765 bits per heavy atom. The van der Waals surface area contributed by atoms with E-state index in [4.69, 9.17) is 37.9 Å². The van der Waals surface area contributed by atoms with Gasteiger partial charge in [-0.15, -0.1) is 0 Å². The van der Waals surface area contributed by atoms with Crippen LogP contribution < -0.4 is 0 Å². The van der Waals surface area contributed by atoms with Crippen LogP contribution in [0, 0.1) is 0 Å². The first kappa shape index (κ1) is 24.5. The van der Waals surface area contributed by atoms with Crippen molar-refractivity contribution in [3.63, 3.8) is 0 Å². The predicted molar refractivity (Wildman–Crippen MR) is 118 cm³/mol. The summed E-state index contributed by atoms with van der Waals surface area (Å²) >= 11 is 0. The van der Waals surface area contributed by atoms with Gasteiger partial charge < -0.3 is 43.0 Å². The van der Waals surface area contributed by atoms with Crippen LogP contribution in [0.4, 0.5) is 0 Å². The third-order valence-corrected chi connectivity index (χ3v) is 6.71. The largest absolute Gasteiger partial charge is 0.385 e. The predicted octanol–water partition coefficient (Wildman–Crippen LogP) is 2.48. The van der Waals surface area contributed by atoms with E-state index in [2.05, 4.69) is 0 Å². The molecule has 1 aromatic rings. The van der Waals surface area contributed by atoms with E-state index in [-0.39, 0.29) is 18.3 Å². The molecule has 0 saturated carbocycles. The molecule has 4 fully saturated rings. The van der Waals surface area contributed by atoms with Crippen molar-refractivity contribution in [3.05, 3.63) is 35.9 Å². The van der Waals surface area contributed by atoms with Gasteiger partial charge in [-0.3, -0.25) is 0 Å². The van der Waals surface area contributed by atoms with Crippen LogP contribution in [-0.4, -0.2) is 78.1 Å². The van der Waals surface area contributed by atoms with Crippen molar-refractivity contribution in [1.82, 2.24) is 0 Å². The first-order valence-corrected chi connectivity index (χ1v) is 12.0. The minimum Gasteiger partial charge on any atom is -0.385 e. The van der Waals surface area contributed by atoms with Gasteiger partial charge in [0, 0.05) is 0 Å².